The van der Waals surface area contributed by atoms with E-state index in [0.29, 0.717) is 12.1 Å². The molecule has 4 N–H and O–H groups in total. The van der Waals surface area contributed by atoms with Crippen LogP contribution in [0.3, 0.4) is 0 Å². The normalized spacial score (nSPS) is 10.8. The minimum Gasteiger partial charge on any atom is -0.366 e. The van der Waals surface area contributed by atoms with Crippen LogP contribution in [0.2, 0.25) is 5.02 Å². The smallest absolute Gasteiger partial charge is 0.248 e. The van der Waals surface area contributed by atoms with Gasteiger partial charge < -0.3 is 16.4 Å². The van der Waals surface area contributed by atoms with E-state index < -0.39 is 5.91 Å². The van der Waals surface area contributed by atoms with Gasteiger partial charge in [-0.15, -0.1) is 24.0 Å². The monoisotopic (exact) mass is 486 g/mol. The van der Waals surface area contributed by atoms with Gasteiger partial charge in [0.15, 0.2) is 5.96 Å². The molecule has 0 spiro atoms. The summed E-state index contributed by atoms with van der Waals surface area (Å²) in [6.45, 7) is 4.11. The molecule has 0 radical (unpaired) electrons. The van der Waals surface area contributed by atoms with E-state index >= 15 is 0 Å². The molecule has 0 bridgehead atoms. The molecular formula is C19H24ClIN4O. The lowest BCUT2D eigenvalue weighted by Crippen LogP contribution is -2.38. The Bertz CT molecular complexity index is 717. The van der Waals surface area contributed by atoms with Gasteiger partial charge in [-0.2, -0.15) is 0 Å². The topological polar surface area (TPSA) is 79.5 Å². The van der Waals surface area contributed by atoms with E-state index in [1.807, 2.05) is 43.3 Å². The lowest BCUT2D eigenvalue weighted by atomic mass is 10.1. The molecule has 0 unspecified atom stereocenters. The number of benzene rings is 2. The Morgan fingerprint density at radius 1 is 1.04 bits per heavy atom. The molecule has 140 valence electrons. The van der Waals surface area contributed by atoms with Gasteiger partial charge in [-0.3, -0.25) is 4.79 Å². The summed E-state index contributed by atoms with van der Waals surface area (Å²) in [6.07, 6.45) is 0.884. The Hall–Kier alpha value is -1.80. The first kappa shape index (κ1) is 22.2. The summed E-state index contributed by atoms with van der Waals surface area (Å²) in [5.41, 5.74) is 7.97. The molecule has 0 fully saturated rings. The lowest BCUT2D eigenvalue weighted by molar-refractivity contribution is 0.100. The number of nitrogens with zero attached hydrogens (tertiary/aromatic N) is 1. The van der Waals surface area contributed by atoms with Crippen LogP contribution >= 0.6 is 35.6 Å². The maximum atomic E-state index is 11.1. The lowest BCUT2D eigenvalue weighted by Gasteiger charge is -2.11. The van der Waals surface area contributed by atoms with Crippen molar-refractivity contribution in [1.82, 2.24) is 10.6 Å². The molecule has 7 heteroatoms. The Morgan fingerprint density at radius 2 is 1.65 bits per heavy atom. The summed E-state index contributed by atoms with van der Waals surface area (Å²) < 4.78 is 0. The SMILES string of the molecule is CCNC(=NCc1ccc(C(N)=O)cc1)NCCc1ccc(Cl)cc1.I. The van der Waals surface area contributed by atoms with Gasteiger partial charge in [0.25, 0.3) is 0 Å². The predicted octanol–water partition coefficient (Wildman–Crippen LogP) is 3.35. The highest BCUT2D eigenvalue weighted by Crippen LogP contribution is 2.09. The van der Waals surface area contributed by atoms with Crippen LogP contribution in [-0.4, -0.2) is 25.0 Å². The largest absolute Gasteiger partial charge is 0.366 e. The zero-order valence-corrected chi connectivity index (χ0v) is 17.8. The van der Waals surface area contributed by atoms with Gasteiger partial charge in [-0.05, 0) is 48.7 Å². The first-order valence-electron chi connectivity index (χ1n) is 8.24. The third-order valence-corrected chi connectivity index (χ3v) is 3.87. The summed E-state index contributed by atoms with van der Waals surface area (Å²) in [7, 11) is 0. The van der Waals surface area contributed by atoms with Gasteiger partial charge >= 0.3 is 0 Å². The Labute approximate surface area is 176 Å². The van der Waals surface area contributed by atoms with Crippen LogP contribution in [0.5, 0.6) is 0 Å². The summed E-state index contributed by atoms with van der Waals surface area (Å²) in [6, 6.07) is 15.0. The summed E-state index contributed by atoms with van der Waals surface area (Å²) in [5.74, 6) is 0.336. The maximum Gasteiger partial charge on any atom is 0.248 e. The molecule has 0 heterocycles. The van der Waals surface area contributed by atoms with Crippen molar-refractivity contribution in [3.8, 4) is 0 Å². The zero-order chi connectivity index (χ0) is 18.1. The van der Waals surface area contributed by atoms with E-state index in [-0.39, 0.29) is 24.0 Å². The quantitative estimate of drug-likeness (QED) is 0.319. The van der Waals surface area contributed by atoms with Gasteiger partial charge in [0.1, 0.15) is 0 Å². The van der Waals surface area contributed by atoms with Gasteiger partial charge in [-0.1, -0.05) is 35.9 Å². The number of rotatable bonds is 7. The van der Waals surface area contributed by atoms with Crippen LogP contribution in [0.4, 0.5) is 0 Å². The Kier molecular flexibility index (Phi) is 10.0. The van der Waals surface area contributed by atoms with Crippen LogP contribution in [-0.2, 0) is 13.0 Å². The molecule has 1 amide bonds. The maximum absolute atomic E-state index is 11.1. The van der Waals surface area contributed by atoms with E-state index in [0.717, 1.165) is 36.1 Å². The number of halogens is 2. The number of primary amides is 1. The van der Waals surface area contributed by atoms with Crippen LogP contribution in [0, 0.1) is 0 Å². The summed E-state index contributed by atoms with van der Waals surface area (Å²) >= 11 is 5.89. The van der Waals surface area contributed by atoms with Crippen LogP contribution < -0.4 is 16.4 Å². The molecule has 2 rings (SSSR count). The number of nitrogens with one attached hydrogen (secondary N) is 2. The first-order chi connectivity index (χ1) is 12.1. The number of nitrogens with two attached hydrogens (primary N) is 1. The van der Waals surface area contributed by atoms with Crippen molar-refractivity contribution in [2.75, 3.05) is 13.1 Å². The van der Waals surface area contributed by atoms with Crippen LogP contribution in [0.1, 0.15) is 28.4 Å². The second kappa shape index (κ2) is 11.7. The van der Waals surface area contributed by atoms with E-state index in [1.54, 1.807) is 12.1 Å². The van der Waals surface area contributed by atoms with Crippen LogP contribution in [0.15, 0.2) is 53.5 Å². The molecular weight excluding hydrogens is 463 g/mol. The standard InChI is InChI=1S/C19H23ClN4O.HI/c1-2-22-19(23-12-11-14-5-9-17(20)10-6-14)24-13-15-3-7-16(8-4-15)18(21)25;/h3-10H,2,11-13H2,1H3,(H2,21,25)(H2,22,23,24);1H. The molecule has 0 saturated carbocycles. The second-order valence-electron chi connectivity index (χ2n) is 5.56. The number of amides is 1. The molecule has 0 aliphatic carbocycles. The number of aliphatic imine (C=N–C) groups is 1. The first-order valence-corrected chi connectivity index (χ1v) is 8.61. The van der Waals surface area contributed by atoms with Gasteiger partial charge in [-0.25, -0.2) is 4.99 Å². The van der Waals surface area contributed by atoms with Gasteiger partial charge in [0.2, 0.25) is 5.91 Å². The molecule has 0 atom stereocenters. The molecule has 0 aromatic heterocycles. The van der Waals surface area contributed by atoms with Crippen molar-refractivity contribution < 1.29 is 4.79 Å². The van der Waals surface area contributed by atoms with E-state index in [2.05, 4.69) is 15.6 Å². The summed E-state index contributed by atoms with van der Waals surface area (Å²) in [5, 5.41) is 7.28. The van der Waals surface area contributed by atoms with Crippen molar-refractivity contribution in [3.63, 3.8) is 0 Å². The fourth-order valence-corrected chi connectivity index (χ4v) is 2.39. The molecule has 0 saturated heterocycles. The average Bonchev–Trinajstić information content (AvgIpc) is 2.61. The number of hydrogen-bond donors (Lipinski definition) is 3. The van der Waals surface area contributed by atoms with Crippen molar-refractivity contribution in [2.24, 2.45) is 10.7 Å². The van der Waals surface area contributed by atoms with E-state index in [4.69, 9.17) is 17.3 Å². The molecule has 0 aliphatic heterocycles. The third kappa shape index (κ3) is 7.61. The minimum absolute atomic E-state index is 0. The number of carbonyl (C=O) groups is 1. The molecule has 2 aromatic rings. The number of hydrogen-bond acceptors (Lipinski definition) is 2. The minimum atomic E-state index is -0.424. The molecule has 26 heavy (non-hydrogen) atoms. The highest BCUT2D eigenvalue weighted by Gasteiger charge is 2.01. The molecule has 2 aromatic carbocycles. The van der Waals surface area contributed by atoms with E-state index in [9.17, 15) is 4.79 Å². The highest BCUT2D eigenvalue weighted by atomic mass is 127. The highest BCUT2D eigenvalue weighted by molar-refractivity contribution is 14.0. The number of carbonyl (C=O) groups excluding carboxylic acids is 1. The number of guanidine groups is 1. The Balaban J connectivity index is 0.00000338. The second-order valence-corrected chi connectivity index (χ2v) is 6.00. The molecule has 5 nitrogen and oxygen atoms in total. The van der Waals surface area contributed by atoms with Crippen LogP contribution in [0.25, 0.3) is 0 Å². The summed E-state index contributed by atoms with van der Waals surface area (Å²) in [4.78, 5) is 15.6. The fourth-order valence-electron chi connectivity index (χ4n) is 2.26. The van der Waals surface area contributed by atoms with Crippen molar-refractivity contribution in [1.29, 1.82) is 0 Å². The van der Waals surface area contributed by atoms with Crippen molar-refractivity contribution in [3.05, 3.63) is 70.2 Å². The average molecular weight is 487 g/mol. The molecule has 0 aliphatic rings. The van der Waals surface area contributed by atoms with E-state index in [1.165, 1.54) is 5.56 Å². The fraction of sp³-hybridized carbons (Fsp3) is 0.263. The zero-order valence-electron chi connectivity index (χ0n) is 14.7. The Morgan fingerprint density at radius 3 is 2.23 bits per heavy atom. The predicted molar refractivity (Wildman–Crippen MR) is 118 cm³/mol. The van der Waals surface area contributed by atoms with Crippen molar-refractivity contribution >= 4 is 47.4 Å². The third-order valence-electron chi connectivity index (χ3n) is 3.62. The van der Waals surface area contributed by atoms with Crippen molar-refractivity contribution in [2.45, 2.75) is 19.9 Å². The van der Waals surface area contributed by atoms with Gasteiger partial charge in [0.05, 0.1) is 6.54 Å². The van der Waals surface area contributed by atoms with Gasteiger partial charge in [0, 0.05) is 23.7 Å².